The molecule has 1 heterocycles. The molecular weight excluding hydrogens is 523 g/mol. The van der Waals surface area contributed by atoms with E-state index in [-0.39, 0.29) is 24.0 Å². The van der Waals surface area contributed by atoms with Crippen molar-refractivity contribution in [3.63, 3.8) is 0 Å². The third kappa shape index (κ3) is 7.74. The first kappa shape index (κ1) is 23.8. The minimum atomic E-state index is 0. The van der Waals surface area contributed by atoms with Crippen LogP contribution in [0.3, 0.4) is 0 Å². The highest BCUT2D eigenvalue weighted by Crippen LogP contribution is 2.17. The average molecular weight is 551 g/mol. The molecule has 0 aliphatic heterocycles. The van der Waals surface area contributed by atoms with E-state index in [1.54, 1.807) is 13.4 Å². The number of methoxy groups -OCH3 is 1. The van der Waals surface area contributed by atoms with Gasteiger partial charge in [-0.05, 0) is 11.6 Å². The molecule has 7 nitrogen and oxygen atoms in total. The molecule has 0 spiro atoms. The molecule has 0 fully saturated rings. The molecular formula is C18H28BrIN6O. The van der Waals surface area contributed by atoms with Crippen LogP contribution in [0.1, 0.15) is 18.3 Å². The van der Waals surface area contributed by atoms with Crippen LogP contribution in [0.4, 0.5) is 0 Å². The van der Waals surface area contributed by atoms with E-state index in [1.165, 1.54) is 5.56 Å². The predicted octanol–water partition coefficient (Wildman–Crippen LogP) is 2.95. The second-order valence-electron chi connectivity index (χ2n) is 5.87. The van der Waals surface area contributed by atoms with E-state index in [0.29, 0.717) is 13.2 Å². The highest BCUT2D eigenvalue weighted by molar-refractivity contribution is 14.0. The first-order valence-electron chi connectivity index (χ1n) is 8.74. The average Bonchev–Trinajstić information content (AvgIpc) is 3.10. The van der Waals surface area contributed by atoms with Crippen molar-refractivity contribution in [3.8, 4) is 0 Å². The Morgan fingerprint density at radius 2 is 2.15 bits per heavy atom. The topological polar surface area (TPSA) is 67.6 Å². The zero-order valence-corrected chi connectivity index (χ0v) is 20.0. The van der Waals surface area contributed by atoms with E-state index in [4.69, 9.17) is 4.74 Å². The fourth-order valence-corrected chi connectivity index (χ4v) is 2.95. The van der Waals surface area contributed by atoms with Crippen molar-refractivity contribution in [3.05, 3.63) is 46.5 Å². The van der Waals surface area contributed by atoms with E-state index in [1.807, 2.05) is 19.2 Å². The van der Waals surface area contributed by atoms with Crippen molar-refractivity contribution in [1.29, 1.82) is 0 Å². The molecule has 0 atom stereocenters. The number of aromatic nitrogens is 3. The summed E-state index contributed by atoms with van der Waals surface area (Å²) in [4.78, 5) is 6.77. The van der Waals surface area contributed by atoms with Gasteiger partial charge in [-0.1, -0.05) is 41.1 Å². The van der Waals surface area contributed by atoms with Crippen LogP contribution in [0.25, 0.3) is 0 Å². The van der Waals surface area contributed by atoms with Crippen LogP contribution in [0.2, 0.25) is 0 Å². The Morgan fingerprint density at radius 3 is 2.85 bits per heavy atom. The van der Waals surface area contributed by atoms with Crippen LogP contribution in [-0.2, 0) is 24.2 Å². The van der Waals surface area contributed by atoms with Gasteiger partial charge in [-0.25, -0.2) is 0 Å². The number of rotatable bonds is 9. The summed E-state index contributed by atoms with van der Waals surface area (Å²) in [5.74, 6) is 1.84. The Balaban J connectivity index is 0.00000364. The van der Waals surface area contributed by atoms with E-state index in [9.17, 15) is 0 Å². The van der Waals surface area contributed by atoms with Gasteiger partial charge in [-0.15, -0.1) is 34.2 Å². The van der Waals surface area contributed by atoms with E-state index >= 15 is 0 Å². The summed E-state index contributed by atoms with van der Waals surface area (Å²) >= 11 is 3.61. The Bertz CT molecular complexity index is 709. The number of guanidine groups is 1. The summed E-state index contributed by atoms with van der Waals surface area (Å²) in [6, 6.07) is 8.22. The van der Waals surface area contributed by atoms with E-state index < -0.39 is 0 Å². The summed E-state index contributed by atoms with van der Waals surface area (Å²) < 4.78 is 8.28. The molecule has 1 aromatic carbocycles. The number of hydrogen-bond donors (Lipinski definition) is 1. The molecule has 0 bridgehead atoms. The Hall–Kier alpha value is -1.20. The van der Waals surface area contributed by atoms with Gasteiger partial charge in [0.2, 0.25) is 0 Å². The van der Waals surface area contributed by atoms with Gasteiger partial charge < -0.3 is 19.5 Å². The molecule has 9 heteroatoms. The zero-order valence-electron chi connectivity index (χ0n) is 16.1. The molecule has 0 aliphatic rings. The van der Waals surface area contributed by atoms with Crippen molar-refractivity contribution >= 4 is 45.9 Å². The number of aliphatic imine (C=N–C) groups is 1. The molecule has 2 aromatic rings. The number of nitrogens with zero attached hydrogens (tertiary/aromatic N) is 5. The van der Waals surface area contributed by atoms with Crippen molar-refractivity contribution < 1.29 is 4.74 Å². The molecule has 27 heavy (non-hydrogen) atoms. The zero-order chi connectivity index (χ0) is 18.8. The second-order valence-corrected chi connectivity index (χ2v) is 6.72. The van der Waals surface area contributed by atoms with Crippen LogP contribution in [0.5, 0.6) is 0 Å². The molecule has 0 amide bonds. The monoisotopic (exact) mass is 550 g/mol. The number of nitrogens with one attached hydrogen (secondary N) is 1. The number of aryl methyl sites for hydroxylation is 1. The summed E-state index contributed by atoms with van der Waals surface area (Å²) in [5.41, 5.74) is 1.21. The van der Waals surface area contributed by atoms with Crippen LogP contribution >= 0.6 is 39.9 Å². The normalized spacial score (nSPS) is 11.2. The lowest BCUT2D eigenvalue weighted by atomic mass is 10.2. The Labute approximate surface area is 186 Å². The van der Waals surface area contributed by atoms with Gasteiger partial charge >= 0.3 is 0 Å². The number of hydrogen-bond acceptors (Lipinski definition) is 4. The van der Waals surface area contributed by atoms with Crippen LogP contribution in [0, 0.1) is 0 Å². The second kappa shape index (κ2) is 13.1. The number of ether oxygens (including phenoxy) is 1. The molecule has 0 saturated carbocycles. The van der Waals surface area contributed by atoms with Crippen molar-refractivity contribution in [2.45, 2.75) is 26.4 Å². The number of halogens is 2. The van der Waals surface area contributed by atoms with Crippen molar-refractivity contribution in [1.82, 2.24) is 25.0 Å². The highest BCUT2D eigenvalue weighted by atomic mass is 127. The van der Waals surface area contributed by atoms with Gasteiger partial charge in [0, 0.05) is 44.7 Å². The summed E-state index contributed by atoms with van der Waals surface area (Å²) in [6.45, 7) is 5.59. The Morgan fingerprint density at radius 1 is 1.37 bits per heavy atom. The fraction of sp³-hybridized carbons (Fsp3) is 0.500. The maximum atomic E-state index is 5.12. The third-order valence-corrected chi connectivity index (χ3v) is 4.71. The lowest BCUT2D eigenvalue weighted by Crippen LogP contribution is -2.40. The third-order valence-electron chi connectivity index (χ3n) is 3.93. The van der Waals surface area contributed by atoms with Gasteiger partial charge in [0.1, 0.15) is 12.2 Å². The maximum Gasteiger partial charge on any atom is 0.194 e. The lowest BCUT2D eigenvalue weighted by molar-refractivity contribution is 0.207. The SMILES string of the molecule is CCc1nncn1CCNC(=NCCOC)N(C)Cc1ccccc1Br.I. The van der Waals surface area contributed by atoms with Crippen LogP contribution < -0.4 is 5.32 Å². The minimum absolute atomic E-state index is 0. The summed E-state index contributed by atoms with van der Waals surface area (Å²) in [7, 11) is 3.72. The first-order valence-corrected chi connectivity index (χ1v) is 9.53. The minimum Gasteiger partial charge on any atom is -0.383 e. The smallest absolute Gasteiger partial charge is 0.194 e. The molecule has 0 unspecified atom stereocenters. The van der Waals surface area contributed by atoms with Crippen molar-refractivity contribution in [2.75, 3.05) is 33.9 Å². The largest absolute Gasteiger partial charge is 0.383 e. The van der Waals surface area contributed by atoms with Gasteiger partial charge in [-0.2, -0.15) is 0 Å². The number of benzene rings is 1. The van der Waals surface area contributed by atoms with Gasteiger partial charge in [0.05, 0.1) is 13.2 Å². The molecule has 0 radical (unpaired) electrons. The molecule has 0 aliphatic carbocycles. The summed E-state index contributed by atoms with van der Waals surface area (Å²) in [5, 5.41) is 11.5. The lowest BCUT2D eigenvalue weighted by Gasteiger charge is -2.23. The van der Waals surface area contributed by atoms with Crippen LogP contribution in [-0.4, -0.2) is 59.5 Å². The fourth-order valence-electron chi connectivity index (χ4n) is 2.54. The van der Waals surface area contributed by atoms with Gasteiger partial charge in [-0.3, -0.25) is 4.99 Å². The maximum absolute atomic E-state index is 5.12. The molecule has 2 rings (SSSR count). The van der Waals surface area contributed by atoms with E-state index in [0.717, 1.165) is 42.3 Å². The first-order chi connectivity index (χ1) is 12.7. The summed E-state index contributed by atoms with van der Waals surface area (Å²) in [6.07, 6.45) is 2.64. The van der Waals surface area contributed by atoms with Gasteiger partial charge in [0.15, 0.2) is 5.96 Å². The molecule has 150 valence electrons. The predicted molar refractivity (Wildman–Crippen MR) is 123 cm³/mol. The Kier molecular flexibility index (Phi) is 11.5. The molecule has 1 N–H and O–H groups in total. The van der Waals surface area contributed by atoms with E-state index in [2.05, 4.69) is 65.0 Å². The molecule has 0 saturated heterocycles. The molecule has 1 aromatic heterocycles. The van der Waals surface area contributed by atoms with Crippen LogP contribution in [0.15, 0.2) is 40.1 Å². The van der Waals surface area contributed by atoms with Gasteiger partial charge in [0.25, 0.3) is 0 Å². The highest BCUT2D eigenvalue weighted by Gasteiger charge is 2.09. The standard InChI is InChI=1S/C18H27BrN6O.HI/c1-4-17-23-22-14-25(17)11-9-20-18(21-10-12-26-3)24(2)13-15-7-5-6-8-16(15)19;/h5-8,14H,4,9-13H2,1-3H3,(H,20,21);1H. The quantitative estimate of drug-likeness (QED) is 0.225. The van der Waals surface area contributed by atoms with Crippen molar-refractivity contribution in [2.24, 2.45) is 4.99 Å².